The van der Waals surface area contributed by atoms with E-state index < -0.39 is 0 Å². The molecule has 5 nitrogen and oxygen atoms in total. The van der Waals surface area contributed by atoms with E-state index in [1.54, 1.807) is 11.3 Å². The smallest absolute Gasteiger partial charge is 0.220 e. The van der Waals surface area contributed by atoms with Gasteiger partial charge in [-0.2, -0.15) is 0 Å². The van der Waals surface area contributed by atoms with Crippen molar-refractivity contribution >= 4 is 17.3 Å². The number of nitrogens with zero attached hydrogens (tertiary/aromatic N) is 4. The summed E-state index contributed by atoms with van der Waals surface area (Å²) in [6, 6.07) is 0. The number of nitrogen functional groups attached to an aromatic ring is 1. The SMILES string of the molecule is Cc1cnc(CN2CCc3nc(N)ncc3C2)s1. The van der Waals surface area contributed by atoms with Crippen molar-refractivity contribution < 1.29 is 0 Å². The molecule has 0 radical (unpaired) electrons. The van der Waals surface area contributed by atoms with E-state index in [0.717, 1.165) is 31.7 Å². The third kappa shape index (κ3) is 2.34. The van der Waals surface area contributed by atoms with E-state index in [9.17, 15) is 0 Å². The topological polar surface area (TPSA) is 67.9 Å². The van der Waals surface area contributed by atoms with Gasteiger partial charge in [0, 0.05) is 42.3 Å². The van der Waals surface area contributed by atoms with Crippen LogP contribution in [0.15, 0.2) is 12.4 Å². The molecule has 0 unspecified atom stereocenters. The first-order chi connectivity index (χ1) is 8.70. The first-order valence-corrected chi connectivity index (χ1v) is 6.76. The van der Waals surface area contributed by atoms with Gasteiger partial charge in [-0.1, -0.05) is 0 Å². The van der Waals surface area contributed by atoms with E-state index >= 15 is 0 Å². The fraction of sp³-hybridized carbons (Fsp3) is 0.417. The third-order valence-corrected chi connectivity index (χ3v) is 3.96. The Morgan fingerprint density at radius 2 is 2.28 bits per heavy atom. The highest BCUT2D eigenvalue weighted by molar-refractivity contribution is 7.11. The molecular weight excluding hydrogens is 246 g/mol. The van der Waals surface area contributed by atoms with Crippen molar-refractivity contribution in [2.75, 3.05) is 12.3 Å². The number of aryl methyl sites for hydroxylation is 1. The molecule has 1 aliphatic heterocycles. The summed E-state index contributed by atoms with van der Waals surface area (Å²) in [5.41, 5.74) is 7.87. The molecule has 3 rings (SSSR count). The quantitative estimate of drug-likeness (QED) is 0.884. The van der Waals surface area contributed by atoms with E-state index in [2.05, 4.69) is 26.8 Å². The molecule has 0 atom stereocenters. The van der Waals surface area contributed by atoms with Crippen LogP contribution in [0.5, 0.6) is 0 Å². The zero-order chi connectivity index (χ0) is 12.5. The van der Waals surface area contributed by atoms with Crippen LogP contribution in [0.3, 0.4) is 0 Å². The minimum atomic E-state index is 0.373. The van der Waals surface area contributed by atoms with Gasteiger partial charge in [-0.15, -0.1) is 11.3 Å². The Labute approximate surface area is 110 Å². The maximum absolute atomic E-state index is 5.60. The number of thiazole rings is 1. The van der Waals surface area contributed by atoms with Gasteiger partial charge in [0.2, 0.25) is 5.95 Å². The second-order valence-corrected chi connectivity index (χ2v) is 5.84. The molecule has 18 heavy (non-hydrogen) atoms. The predicted octanol–water partition coefficient (Wildman–Crippen LogP) is 1.38. The van der Waals surface area contributed by atoms with Gasteiger partial charge in [0.15, 0.2) is 0 Å². The van der Waals surface area contributed by atoms with E-state index in [0.29, 0.717) is 5.95 Å². The van der Waals surface area contributed by atoms with Crippen molar-refractivity contribution in [2.24, 2.45) is 0 Å². The standard InChI is InChI=1S/C12H15N5S/c1-8-4-14-11(18-8)7-17-3-2-10-9(6-17)5-15-12(13)16-10/h4-5H,2-3,6-7H2,1H3,(H2,13,15,16). The highest BCUT2D eigenvalue weighted by Crippen LogP contribution is 2.20. The van der Waals surface area contributed by atoms with E-state index in [4.69, 9.17) is 5.73 Å². The molecule has 2 aromatic heterocycles. The average Bonchev–Trinajstić information content (AvgIpc) is 2.75. The maximum Gasteiger partial charge on any atom is 0.220 e. The summed E-state index contributed by atoms with van der Waals surface area (Å²) >= 11 is 1.76. The van der Waals surface area contributed by atoms with Crippen LogP contribution in [-0.2, 0) is 19.5 Å². The Balaban J connectivity index is 1.73. The van der Waals surface area contributed by atoms with Gasteiger partial charge in [0.1, 0.15) is 5.01 Å². The van der Waals surface area contributed by atoms with Gasteiger partial charge in [0.05, 0.1) is 12.2 Å². The number of hydrogen-bond donors (Lipinski definition) is 1. The van der Waals surface area contributed by atoms with Gasteiger partial charge in [-0.05, 0) is 6.92 Å². The third-order valence-electron chi connectivity index (χ3n) is 3.06. The second kappa shape index (κ2) is 4.62. The summed E-state index contributed by atoms with van der Waals surface area (Å²) in [6.07, 6.45) is 4.71. The van der Waals surface area contributed by atoms with Crippen molar-refractivity contribution in [3.05, 3.63) is 33.5 Å². The Hall–Kier alpha value is -1.53. The fourth-order valence-electron chi connectivity index (χ4n) is 2.19. The van der Waals surface area contributed by atoms with Gasteiger partial charge >= 0.3 is 0 Å². The number of aromatic nitrogens is 3. The largest absolute Gasteiger partial charge is 0.368 e. The number of anilines is 1. The normalized spacial score (nSPS) is 15.6. The Bertz CT molecular complexity index is 565. The Morgan fingerprint density at radius 1 is 1.39 bits per heavy atom. The van der Waals surface area contributed by atoms with Gasteiger partial charge in [-0.25, -0.2) is 15.0 Å². The molecule has 0 spiro atoms. The Morgan fingerprint density at radius 3 is 3.06 bits per heavy atom. The monoisotopic (exact) mass is 261 g/mol. The summed E-state index contributed by atoms with van der Waals surface area (Å²) in [4.78, 5) is 16.4. The summed E-state index contributed by atoms with van der Waals surface area (Å²) in [5.74, 6) is 0.373. The molecule has 0 bridgehead atoms. The van der Waals surface area contributed by atoms with Crippen molar-refractivity contribution in [3.63, 3.8) is 0 Å². The van der Waals surface area contributed by atoms with Crippen LogP contribution in [0.2, 0.25) is 0 Å². The molecule has 6 heteroatoms. The molecule has 0 amide bonds. The maximum atomic E-state index is 5.60. The lowest BCUT2D eigenvalue weighted by Gasteiger charge is -2.26. The molecule has 2 aromatic rings. The average molecular weight is 261 g/mol. The van der Waals surface area contributed by atoms with Crippen LogP contribution in [0.4, 0.5) is 5.95 Å². The molecule has 0 saturated heterocycles. The lowest BCUT2D eigenvalue weighted by atomic mass is 10.1. The van der Waals surface area contributed by atoms with Crippen LogP contribution < -0.4 is 5.73 Å². The minimum Gasteiger partial charge on any atom is -0.368 e. The van der Waals surface area contributed by atoms with Crippen LogP contribution in [0.25, 0.3) is 0 Å². The summed E-state index contributed by atoms with van der Waals surface area (Å²) in [7, 11) is 0. The van der Waals surface area contributed by atoms with Crippen LogP contribution in [0.1, 0.15) is 21.1 Å². The van der Waals surface area contributed by atoms with Crippen LogP contribution in [-0.4, -0.2) is 26.4 Å². The molecule has 0 fully saturated rings. The van der Waals surface area contributed by atoms with Gasteiger partial charge in [0.25, 0.3) is 0 Å². The molecule has 1 aliphatic rings. The predicted molar refractivity (Wildman–Crippen MR) is 71.1 cm³/mol. The second-order valence-electron chi connectivity index (χ2n) is 4.53. The number of nitrogens with two attached hydrogens (primary N) is 1. The van der Waals surface area contributed by atoms with E-state index in [-0.39, 0.29) is 0 Å². The molecule has 3 heterocycles. The summed E-state index contributed by atoms with van der Waals surface area (Å²) in [6.45, 7) is 4.88. The zero-order valence-corrected chi connectivity index (χ0v) is 11.1. The van der Waals surface area contributed by atoms with Crippen molar-refractivity contribution in [1.82, 2.24) is 19.9 Å². The highest BCUT2D eigenvalue weighted by atomic mass is 32.1. The molecule has 2 N–H and O–H groups in total. The number of hydrogen-bond acceptors (Lipinski definition) is 6. The lowest BCUT2D eigenvalue weighted by Crippen LogP contribution is -2.31. The van der Waals surface area contributed by atoms with E-state index in [1.165, 1.54) is 15.4 Å². The van der Waals surface area contributed by atoms with Gasteiger partial charge < -0.3 is 5.73 Å². The lowest BCUT2D eigenvalue weighted by molar-refractivity contribution is 0.242. The molecule has 0 aromatic carbocycles. The summed E-state index contributed by atoms with van der Waals surface area (Å²) < 4.78 is 0. The molecule has 0 aliphatic carbocycles. The molecule has 0 saturated carbocycles. The first kappa shape index (κ1) is 11.6. The minimum absolute atomic E-state index is 0.373. The summed E-state index contributed by atoms with van der Waals surface area (Å²) in [5, 5.41) is 1.17. The number of rotatable bonds is 2. The molecule has 94 valence electrons. The van der Waals surface area contributed by atoms with Crippen molar-refractivity contribution in [1.29, 1.82) is 0 Å². The fourth-order valence-corrected chi connectivity index (χ4v) is 3.02. The van der Waals surface area contributed by atoms with E-state index in [1.807, 2.05) is 12.4 Å². The Kier molecular flexibility index (Phi) is 2.97. The van der Waals surface area contributed by atoms with Crippen molar-refractivity contribution in [3.8, 4) is 0 Å². The molecular formula is C12H15N5S. The van der Waals surface area contributed by atoms with Gasteiger partial charge in [-0.3, -0.25) is 4.90 Å². The first-order valence-electron chi connectivity index (χ1n) is 5.94. The van der Waals surface area contributed by atoms with Crippen LogP contribution in [0, 0.1) is 6.92 Å². The van der Waals surface area contributed by atoms with Crippen LogP contribution >= 0.6 is 11.3 Å². The van der Waals surface area contributed by atoms with Crippen molar-refractivity contribution in [2.45, 2.75) is 26.4 Å². The highest BCUT2D eigenvalue weighted by Gasteiger charge is 2.18. The number of fused-ring (bicyclic) bond motifs is 1. The zero-order valence-electron chi connectivity index (χ0n) is 10.3.